The molecule has 9 amide bonds. The smallest absolute Gasteiger partial charge is 0.480 e. The molecule has 0 aromatic carbocycles. The molecule has 0 bridgehead atoms. The van der Waals surface area contributed by atoms with Gasteiger partial charge in [0.1, 0.15) is 78.5 Å². The second-order valence-corrected chi connectivity index (χ2v) is 27.3. The van der Waals surface area contributed by atoms with Crippen LogP contribution in [-0.4, -0.2) is 226 Å². The quantitative estimate of drug-likeness (QED) is 0.0190. The zero-order chi connectivity index (χ0) is 73.5. The Balaban J connectivity index is 1.07. The number of amides is 9. The molecule has 40 nitrogen and oxygen atoms in total. The molecule has 99 heavy (non-hydrogen) atoms. The van der Waals surface area contributed by atoms with Crippen molar-refractivity contribution in [2.45, 2.75) is 210 Å². The molecule has 554 valence electrons. The predicted molar refractivity (Wildman–Crippen MR) is 341 cm³/mol. The average Bonchev–Trinajstić information content (AvgIpc) is 1.01. The SMILES string of the molecule is CC(=O)N[C@H]1[C@@H](OP(=O)(O)OP(=O)(O)OC[C@H]2O[C@@H](n3ccc(=O)[nH]c3=O)[C@H](O)[C@@H]2O)O[C@H](CO)[C@@H](O)[C@@H]1O[C@H](C)C(=O)NC(=O)[C@H](C)NC(=O)CC[C@@H](NC(=O)[C@H](CCCCNC(=O)CCCCCNC(=O)CCCCc1scc2[nH]cnc12)NC(=O)[C@@H](C)NC(=O)[C@@H](C)N)C(=O)O. The van der Waals surface area contributed by atoms with Crippen molar-refractivity contribution in [2.24, 2.45) is 5.73 Å². The van der Waals surface area contributed by atoms with Gasteiger partial charge >= 0.3 is 27.3 Å². The summed E-state index contributed by atoms with van der Waals surface area (Å²) in [7, 11) is -11.8. The van der Waals surface area contributed by atoms with E-state index in [4.69, 9.17) is 24.5 Å². The minimum absolute atomic E-state index is 0.0423. The average molecular weight is 1470 g/mol. The Hall–Kier alpha value is -7.31. The van der Waals surface area contributed by atoms with Gasteiger partial charge in [-0.25, -0.2) is 23.7 Å². The molecule has 2 saturated heterocycles. The Labute approximate surface area is 568 Å². The van der Waals surface area contributed by atoms with E-state index in [-0.39, 0.29) is 37.6 Å². The number of aryl methyl sites for hydroxylation is 1. The maximum Gasteiger partial charge on any atom is 0.483 e. The van der Waals surface area contributed by atoms with E-state index in [1.54, 1.807) is 17.7 Å². The van der Waals surface area contributed by atoms with Crippen molar-refractivity contribution in [3.05, 3.63) is 49.7 Å². The number of unbranched alkanes of at least 4 members (excludes halogenated alkanes) is 4. The summed E-state index contributed by atoms with van der Waals surface area (Å²) in [6.45, 7) is 4.08. The van der Waals surface area contributed by atoms with Crippen LogP contribution in [0.2, 0.25) is 0 Å². The number of aromatic nitrogens is 4. The van der Waals surface area contributed by atoms with Gasteiger partial charge in [-0.05, 0) is 85.5 Å². The number of thiophene rings is 1. The summed E-state index contributed by atoms with van der Waals surface area (Å²) >= 11 is 1.64. The number of hydrogen-bond acceptors (Lipinski definition) is 27. The lowest BCUT2D eigenvalue weighted by molar-refractivity contribution is -0.261. The lowest BCUT2D eigenvalue weighted by Gasteiger charge is -2.44. The number of carboxylic acid groups (broad SMARTS) is 1. The summed E-state index contributed by atoms with van der Waals surface area (Å²) in [6, 6.07) is -8.02. The first-order valence-corrected chi connectivity index (χ1v) is 35.3. The molecule has 2 aliphatic heterocycles. The van der Waals surface area contributed by atoms with Crippen LogP contribution < -0.4 is 59.5 Å². The first-order valence-electron chi connectivity index (χ1n) is 31.5. The number of phosphoric ester groups is 2. The molecule has 5 rings (SSSR count). The fourth-order valence-corrected chi connectivity index (χ4v) is 13.1. The molecule has 0 saturated carbocycles. The number of aromatic amines is 2. The molecule has 19 N–H and O–H groups in total. The molecular formula is C56H87N13O27P2S. The van der Waals surface area contributed by atoms with E-state index in [2.05, 4.69) is 56.0 Å². The highest BCUT2D eigenvalue weighted by atomic mass is 32.1. The second kappa shape index (κ2) is 39.0. The van der Waals surface area contributed by atoms with Crippen LogP contribution in [0.25, 0.3) is 11.0 Å². The zero-order valence-corrected chi connectivity index (χ0v) is 57.2. The van der Waals surface area contributed by atoms with E-state index in [0.29, 0.717) is 43.2 Å². The third-order valence-corrected chi connectivity index (χ3v) is 18.9. The maximum absolute atomic E-state index is 13.7. The Morgan fingerprint density at radius 2 is 1.38 bits per heavy atom. The molecule has 3 aromatic heterocycles. The van der Waals surface area contributed by atoms with Gasteiger partial charge in [0.2, 0.25) is 47.3 Å². The minimum atomic E-state index is -5.98. The van der Waals surface area contributed by atoms with Gasteiger partial charge in [0.25, 0.3) is 11.5 Å². The third kappa shape index (κ3) is 26.3. The molecular weight excluding hydrogens is 1380 g/mol. The van der Waals surface area contributed by atoms with Crippen LogP contribution in [0.3, 0.4) is 0 Å². The number of rotatable bonds is 41. The van der Waals surface area contributed by atoms with Crippen molar-refractivity contribution in [2.75, 3.05) is 26.3 Å². The van der Waals surface area contributed by atoms with Gasteiger partial charge in [0.05, 0.1) is 31.1 Å². The lowest BCUT2D eigenvalue weighted by atomic mass is 9.96. The van der Waals surface area contributed by atoms with Crippen molar-refractivity contribution >= 4 is 97.1 Å². The van der Waals surface area contributed by atoms with Crippen LogP contribution >= 0.6 is 27.0 Å². The standard InChI is InChI=1S/C56H87N13O27P2S/c1-27(57)48(79)63-29(3)49(80)65-32(13-10-12-21-59-38(72)15-7-6-11-20-58-39(73)16-9-8-14-37-42-34(25-99-37)60-26-61-42)52(83)66-33(54(84)85)17-18-40(74)62-28(2)50(81)68-51(82)30(4)92-47-43(64-31(5)71)55(94-35(23-70)45(47)77)95-98(89,90)96-97(87,88)91-24-36-44(76)46(78)53(93-36)69-22-19-41(75)67-56(69)86/h19,22,25-30,32-33,35-36,43-47,53,55,70,76-78H,6-18,20-21,23-24,57H2,1-5H3,(H,58,73)(H,59,72)(H,60,61)(H,62,74)(H,63,79)(H,64,71)(H,65,80)(H,66,83)(H,84,85)(H,87,88)(H,89,90)(H,67,75,86)(H,68,81,82)/t27-,28+,29-,30-,32+,33-,35-,36-,43-,44-,45-,46-,47-,53-,55-/m1/s1. The van der Waals surface area contributed by atoms with Gasteiger partial charge in [-0.1, -0.05) is 6.42 Å². The monoisotopic (exact) mass is 1470 g/mol. The predicted octanol–water partition coefficient (Wildman–Crippen LogP) is -4.09. The summed E-state index contributed by atoms with van der Waals surface area (Å²) in [5.41, 5.74) is 5.69. The Morgan fingerprint density at radius 3 is 2.02 bits per heavy atom. The van der Waals surface area contributed by atoms with E-state index in [9.17, 15) is 102 Å². The fourth-order valence-electron chi connectivity index (χ4n) is 9.94. The number of carboxylic acids is 1. The van der Waals surface area contributed by atoms with E-state index in [0.717, 1.165) is 63.3 Å². The number of imide groups is 1. The molecule has 17 atom stereocenters. The highest BCUT2D eigenvalue weighted by Crippen LogP contribution is 2.61. The van der Waals surface area contributed by atoms with Crippen molar-refractivity contribution in [3.63, 3.8) is 0 Å². The van der Waals surface area contributed by atoms with Crippen LogP contribution in [0, 0.1) is 0 Å². The number of nitrogens with one attached hydrogen (secondary N) is 10. The lowest BCUT2D eigenvalue weighted by Crippen LogP contribution is -2.66. The highest BCUT2D eigenvalue weighted by molar-refractivity contribution is 7.61. The molecule has 3 aromatic rings. The second-order valence-electron chi connectivity index (χ2n) is 23.4. The van der Waals surface area contributed by atoms with Crippen molar-refractivity contribution < 1.29 is 120 Å². The van der Waals surface area contributed by atoms with Gasteiger partial charge < -0.3 is 97.5 Å². The molecule has 0 radical (unpaired) electrons. The van der Waals surface area contributed by atoms with E-state index >= 15 is 0 Å². The van der Waals surface area contributed by atoms with Gasteiger partial charge in [0, 0.05) is 61.8 Å². The molecule has 2 fully saturated rings. The number of nitrogens with zero attached hydrogens (tertiary/aromatic N) is 2. The molecule has 2 unspecified atom stereocenters. The number of ether oxygens (including phenoxy) is 3. The molecule has 5 heterocycles. The van der Waals surface area contributed by atoms with Crippen LogP contribution in [0.15, 0.2) is 33.6 Å². The first-order chi connectivity index (χ1) is 46.6. The number of carbonyl (C=O) groups is 10. The van der Waals surface area contributed by atoms with E-state index in [1.807, 2.05) is 15.7 Å². The van der Waals surface area contributed by atoms with Crippen molar-refractivity contribution in [1.82, 2.24) is 62.1 Å². The summed E-state index contributed by atoms with van der Waals surface area (Å²) in [5, 5.41) is 73.5. The third-order valence-electron chi connectivity index (χ3n) is 15.3. The van der Waals surface area contributed by atoms with Crippen LogP contribution in [0.4, 0.5) is 0 Å². The van der Waals surface area contributed by atoms with Gasteiger partial charge in [0.15, 0.2) is 12.5 Å². The Bertz CT molecular complexity index is 3500. The number of nitrogens with two attached hydrogens (primary N) is 1. The van der Waals surface area contributed by atoms with Crippen LogP contribution in [0.1, 0.15) is 123 Å². The van der Waals surface area contributed by atoms with E-state index < -0.39 is 192 Å². The highest BCUT2D eigenvalue weighted by Gasteiger charge is 2.52. The summed E-state index contributed by atoms with van der Waals surface area (Å²) < 4.78 is 57.3. The van der Waals surface area contributed by atoms with Gasteiger partial charge in [-0.3, -0.25) is 71.9 Å². The van der Waals surface area contributed by atoms with E-state index in [1.165, 1.54) is 18.7 Å². The van der Waals surface area contributed by atoms with Gasteiger partial charge in [-0.2, -0.15) is 4.31 Å². The Kier molecular flexibility index (Phi) is 32.5. The van der Waals surface area contributed by atoms with Crippen LogP contribution in [-0.2, 0) is 91.1 Å². The number of phosphoric acid groups is 2. The summed E-state index contributed by atoms with van der Waals surface area (Å²) in [6.07, 6.45) is -10.6. The number of hydrogen-bond donors (Lipinski definition) is 18. The summed E-state index contributed by atoms with van der Waals surface area (Å²) in [4.78, 5) is 184. The molecule has 0 aliphatic carbocycles. The number of carbonyl (C=O) groups excluding carboxylic acids is 9. The van der Waals surface area contributed by atoms with Gasteiger partial charge in [-0.15, -0.1) is 11.3 Å². The minimum Gasteiger partial charge on any atom is -0.480 e. The summed E-state index contributed by atoms with van der Waals surface area (Å²) in [5.74, 6) is -8.83. The molecule has 43 heteroatoms. The largest absolute Gasteiger partial charge is 0.483 e. The van der Waals surface area contributed by atoms with Crippen LogP contribution in [0.5, 0.6) is 0 Å². The molecule has 0 spiro atoms. The number of aliphatic hydroxyl groups excluding tert-OH is 4. The number of aliphatic carboxylic acids is 1. The first kappa shape index (κ1) is 82.4. The zero-order valence-electron chi connectivity index (χ0n) is 54.6. The fraction of sp³-hybridized carbons (Fsp3) is 0.661. The van der Waals surface area contributed by atoms with Crippen molar-refractivity contribution in [3.8, 4) is 0 Å². The number of aliphatic hydroxyl groups is 4. The number of imidazole rings is 1. The number of fused-ring (bicyclic) bond motifs is 1. The number of H-pyrrole nitrogens is 2. The topological polar surface area (TPSA) is 608 Å². The van der Waals surface area contributed by atoms with Crippen molar-refractivity contribution in [1.29, 1.82) is 0 Å². The maximum atomic E-state index is 13.7. The normalized spacial score (nSPS) is 22.9. The Morgan fingerprint density at radius 1 is 0.737 bits per heavy atom. The molecule has 2 aliphatic rings.